The van der Waals surface area contributed by atoms with Gasteiger partial charge in [-0.1, -0.05) is 50.2 Å². The molecule has 2 rings (SSSR count). The molecule has 2 aromatic rings. The zero-order valence-electron chi connectivity index (χ0n) is 19.4. The van der Waals surface area contributed by atoms with Crippen LogP contribution >= 0.6 is 0 Å². The minimum absolute atomic E-state index is 0.0172. The molecule has 0 heterocycles. The fourth-order valence-corrected chi connectivity index (χ4v) is 3.13. The average molecular weight is 459 g/mol. The monoisotopic (exact) mass is 458 g/mol. The molecule has 2 aromatic carbocycles. The SMILES string of the molecule is CCC(CO)(CO)COCC(CC)(COC(=O)c1ccccc1)COC(=O)c1ccccc1. The van der Waals surface area contributed by atoms with Crippen LogP contribution in [0.1, 0.15) is 47.4 Å². The van der Waals surface area contributed by atoms with Gasteiger partial charge < -0.3 is 24.4 Å². The number of aliphatic hydroxyl groups is 2. The number of benzene rings is 2. The van der Waals surface area contributed by atoms with E-state index in [0.717, 1.165) is 0 Å². The second kappa shape index (κ2) is 13.1. The van der Waals surface area contributed by atoms with Gasteiger partial charge in [0.2, 0.25) is 0 Å². The fraction of sp³-hybridized carbons (Fsp3) is 0.462. The Bertz CT molecular complexity index is 784. The van der Waals surface area contributed by atoms with Crippen LogP contribution < -0.4 is 0 Å². The molecule has 0 aliphatic carbocycles. The Labute approximate surface area is 195 Å². The number of rotatable bonds is 14. The molecule has 0 radical (unpaired) electrons. The molecule has 0 saturated carbocycles. The molecular formula is C26H34O7. The van der Waals surface area contributed by atoms with Gasteiger partial charge in [0.1, 0.15) is 13.2 Å². The molecule has 0 aromatic heterocycles. The lowest BCUT2D eigenvalue weighted by atomic mass is 9.86. The fourth-order valence-electron chi connectivity index (χ4n) is 3.13. The van der Waals surface area contributed by atoms with Crippen LogP contribution in [0.3, 0.4) is 0 Å². The summed E-state index contributed by atoms with van der Waals surface area (Å²) in [6.07, 6.45) is 1.04. The van der Waals surface area contributed by atoms with Crippen molar-refractivity contribution in [3.05, 3.63) is 71.8 Å². The summed E-state index contributed by atoms with van der Waals surface area (Å²) in [7, 11) is 0. The zero-order chi connectivity index (χ0) is 24.2. The lowest BCUT2D eigenvalue weighted by Gasteiger charge is -2.34. The van der Waals surface area contributed by atoms with Crippen LogP contribution in [0.2, 0.25) is 0 Å². The van der Waals surface area contributed by atoms with E-state index in [0.29, 0.717) is 24.0 Å². The highest BCUT2D eigenvalue weighted by atomic mass is 16.6. The summed E-state index contributed by atoms with van der Waals surface area (Å²) in [5, 5.41) is 19.4. The second-order valence-electron chi connectivity index (χ2n) is 8.40. The normalized spacial score (nSPS) is 11.8. The molecule has 0 fully saturated rings. The Morgan fingerprint density at radius 1 is 0.667 bits per heavy atom. The number of hydrogen-bond donors (Lipinski definition) is 2. The van der Waals surface area contributed by atoms with Gasteiger partial charge in [-0.15, -0.1) is 0 Å². The Balaban J connectivity index is 2.11. The minimum atomic E-state index is -0.792. The van der Waals surface area contributed by atoms with Crippen molar-refractivity contribution in [2.75, 3.05) is 39.6 Å². The summed E-state index contributed by atoms with van der Waals surface area (Å²) in [5.74, 6) is -0.951. The molecular weight excluding hydrogens is 424 g/mol. The Morgan fingerprint density at radius 3 is 1.42 bits per heavy atom. The van der Waals surface area contributed by atoms with Crippen molar-refractivity contribution in [2.24, 2.45) is 10.8 Å². The molecule has 7 nitrogen and oxygen atoms in total. The quantitative estimate of drug-likeness (QED) is 0.418. The molecule has 33 heavy (non-hydrogen) atoms. The van der Waals surface area contributed by atoms with Gasteiger partial charge in [0, 0.05) is 5.41 Å². The highest BCUT2D eigenvalue weighted by Crippen LogP contribution is 2.28. The van der Waals surface area contributed by atoms with Gasteiger partial charge >= 0.3 is 11.9 Å². The Morgan fingerprint density at radius 2 is 1.06 bits per heavy atom. The predicted molar refractivity (Wildman–Crippen MR) is 124 cm³/mol. The van der Waals surface area contributed by atoms with E-state index < -0.39 is 22.8 Å². The second-order valence-corrected chi connectivity index (χ2v) is 8.40. The zero-order valence-corrected chi connectivity index (χ0v) is 19.4. The Kier molecular flexibility index (Phi) is 10.5. The molecule has 0 unspecified atom stereocenters. The predicted octanol–water partition coefficient (Wildman–Crippen LogP) is 3.49. The standard InChI is InChI=1S/C26H34O7/c1-3-25(15-27,16-28)17-31-18-26(4-2,19-32-23(29)21-11-7-5-8-12-21)20-33-24(30)22-13-9-6-10-14-22/h5-14,27-28H,3-4,15-20H2,1-2H3. The van der Waals surface area contributed by atoms with Crippen molar-refractivity contribution in [1.29, 1.82) is 0 Å². The number of aliphatic hydroxyl groups excluding tert-OH is 2. The van der Waals surface area contributed by atoms with Crippen LogP contribution in [-0.2, 0) is 14.2 Å². The van der Waals surface area contributed by atoms with Crippen molar-refractivity contribution in [1.82, 2.24) is 0 Å². The summed E-state index contributed by atoms with van der Waals surface area (Å²) in [6.45, 7) is 3.55. The van der Waals surface area contributed by atoms with Crippen LogP contribution in [0, 0.1) is 10.8 Å². The molecule has 180 valence electrons. The van der Waals surface area contributed by atoms with Crippen molar-refractivity contribution in [3.8, 4) is 0 Å². The maximum atomic E-state index is 12.5. The first-order valence-electron chi connectivity index (χ1n) is 11.2. The van der Waals surface area contributed by atoms with E-state index in [9.17, 15) is 19.8 Å². The third-order valence-electron chi connectivity index (χ3n) is 6.03. The molecule has 2 N–H and O–H groups in total. The molecule has 0 aliphatic rings. The van der Waals surface area contributed by atoms with Crippen molar-refractivity contribution in [3.63, 3.8) is 0 Å². The molecule has 0 bridgehead atoms. The van der Waals surface area contributed by atoms with Crippen LogP contribution in [0.4, 0.5) is 0 Å². The molecule has 0 spiro atoms. The van der Waals surface area contributed by atoms with Gasteiger partial charge in [-0.3, -0.25) is 0 Å². The number of carbonyl (C=O) groups is 2. The number of esters is 2. The van der Waals surface area contributed by atoms with Gasteiger partial charge in [0.15, 0.2) is 0 Å². The van der Waals surface area contributed by atoms with E-state index in [-0.39, 0.29) is 39.6 Å². The first kappa shape index (κ1) is 26.5. The van der Waals surface area contributed by atoms with Crippen LogP contribution in [0.15, 0.2) is 60.7 Å². The average Bonchev–Trinajstić information content (AvgIpc) is 2.89. The smallest absolute Gasteiger partial charge is 0.338 e. The molecule has 0 aliphatic heterocycles. The maximum absolute atomic E-state index is 12.5. The first-order valence-corrected chi connectivity index (χ1v) is 11.2. The number of hydrogen-bond acceptors (Lipinski definition) is 7. The summed E-state index contributed by atoms with van der Waals surface area (Å²) < 4.78 is 17.1. The largest absolute Gasteiger partial charge is 0.461 e. The molecule has 7 heteroatoms. The number of carbonyl (C=O) groups excluding carboxylic acids is 2. The lowest BCUT2D eigenvalue weighted by Crippen LogP contribution is -2.41. The van der Waals surface area contributed by atoms with E-state index in [1.165, 1.54) is 0 Å². The van der Waals surface area contributed by atoms with Crippen molar-refractivity contribution in [2.45, 2.75) is 26.7 Å². The van der Waals surface area contributed by atoms with Crippen LogP contribution in [0.5, 0.6) is 0 Å². The summed E-state index contributed by atoms with van der Waals surface area (Å²) in [4.78, 5) is 25.0. The van der Waals surface area contributed by atoms with Crippen LogP contribution in [0.25, 0.3) is 0 Å². The van der Waals surface area contributed by atoms with E-state index in [1.54, 1.807) is 48.5 Å². The van der Waals surface area contributed by atoms with Gasteiger partial charge in [-0.2, -0.15) is 0 Å². The maximum Gasteiger partial charge on any atom is 0.338 e. The highest BCUT2D eigenvalue weighted by Gasteiger charge is 2.35. The highest BCUT2D eigenvalue weighted by molar-refractivity contribution is 5.89. The topological polar surface area (TPSA) is 102 Å². The van der Waals surface area contributed by atoms with Gasteiger partial charge in [-0.05, 0) is 37.1 Å². The van der Waals surface area contributed by atoms with Gasteiger partial charge in [0.05, 0.1) is 43.0 Å². The first-order chi connectivity index (χ1) is 15.9. The van der Waals surface area contributed by atoms with Crippen LogP contribution in [-0.4, -0.2) is 61.8 Å². The Hall–Kier alpha value is -2.74. The minimum Gasteiger partial charge on any atom is -0.461 e. The van der Waals surface area contributed by atoms with E-state index >= 15 is 0 Å². The summed E-state index contributed by atoms with van der Waals surface area (Å²) in [5.41, 5.74) is -0.703. The van der Waals surface area contributed by atoms with Gasteiger partial charge in [-0.25, -0.2) is 9.59 Å². The van der Waals surface area contributed by atoms with Crippen molar-refractivity contribution >= 4 is 11.9 Å². The van der Waals surface area contributed by atoms with E-state index in [4.69, 9.17) is 14.2 Å². The molecule has 0 saturated heterocycles. The lowest BCUT2D eigenvalue weighted by molar-refractivity contribution is -0.0835. The third kappa shape index (κ3) is 7.67. The summed E-state index contributed by atoms with van der Waals surface area (Å²) >= 11 is 0. The molecule has 0 amide bonds. The van der Waals surface area contributed by atoms with Gasteiger partial charge in [0.25, 0.3) is 0 Å². The number of ether oxygens (including phenoxy) is 3. The van der Waals surface area contributed by atoms with E-state index in [2.05, 4.69) is 0 Å². The third-order valence-corrected chi connectivity index (χ3v) is 6.03. The van der Waals surface area contributed by atoms with Crippen molar-refractivity contribution < 1.29 is 34.0 Å². The summed E-state index contributed by atoms with van der Waals surface area (Å²) in [6, 6.07) is 17.3. The van der Waals surface area contributed by atoms with E-state index in [1.807, 2.05) is 26.0 Å². The molecule has 0 atom stereocenters.